The summed E-state index contributed by atoms with van der Waals surface area (Å²) in [4.78, 5) is 6.63. The van der Waals surface area contributed by atoms with Crippen LogP contribution in [0, 0.1) is 0 Å². The van der Waals surface area contributed by atoms with Crippen molar-refractivity contribution in [1.29, 1.82) is 0 Å². The number of halogens is 1. The first-order valence-electron chi connectivity index (χ1n) is 6.94. The number of benzene rings is 1. The quantitative estimate of drug-likeness (QED) is 0.871. The Morgan fingerprint density at radius 3 is 2.60 bits per heavy atom. The van der Waals surface area contributed by atoms with E-state index in [1.54, 1.807) is 6.20 Å². The van der Waals surface area contributed by atoms with Crippen molar-refractivity contribution in [2.24, 2.45) is 0 Å². The Kier molecular flexibility index (Phi) is 5.39. The molecule has 1 N–H and O–H groups in total. The maximum absolute atomic E-state index is 6.20. The monoisotopic (exact) mass is 289 g/mol. The summed E-state index contributed by atoms with van der Waals surface area (Å²) in [5.74, 6) is 0.927. The third-order valence-corrected chi connectivity index (χ3v) is 3.49. The fraction of sp³-hybridized carbons (Fsp3) is 0.312. The van der Waals surface area contributed by atoms with Crippen LogP contribution in [0.1, 0.15) is 19.4 Å². The second-order valence-electron chi connectivity index (χ2n) is 4.49. The van der Waals surface area contributed by atoms with E-state index >= 15 is 0 Å². The summed E-state index contributed by atoms with van der Waals surface area (Å²) in [7, 11) is 0. The van der Waals surface area contributed by atoms with E-state index in [1.807, 2.05) is 18.2 Å². The van der Waals surface area contributed by atoms with Crippen molar-refractivity contribution in [2.75, 3.05) is 18.0 Å². The summed E-state index contributed by atoms with van der Waals surface area (Å²) in [6, 6.07) is 12.3. The zero-order valence-corrected chi connectivity index (χ0v) is 12.7. The Morgan fingerprint density at radius 1 is 1.20 bits per heavy atom. The van der Waals surface area contributed by atoms with Gasteiger partial charge in [0, 0.05) is 25.0 Å². The molecule has 0 spiro atoms. The fourth-order valence-corrected chi connectivity index (χ4v) is 2.27. The van der Waals surface area contributed by atoms with Gasteiger partial charge in [0.1, 0.15) is 5.82 Å². The lowest BCUT2D eigenvalue weighted by atomic mass is 10.2. The molecule has 1 heterocycles. The summed E-state index contributed by atoms with van der Waals surface area (Å²) < 4.78 is 0. The minimum atomic E-state index is 0.707. The van der Waals surface area contributed by atoms with Crippen molar-refractivity contribution in [2.45, 2.75) is 20.4 Å². The first-order chi connectivity index (χ1) is 9.76. The molecule has 0 aliphatic heterocycles. The van der Waals surface area contributed by atoms with Crippen molar-refractivity contribution in [3.8, 4) is 0 Å². The lowest BCUT2D eigenvalue weighted by molar-refractivity contribution is 0.725. The Balaban J connectivity index is 2.30. The van der Waals surface area contributed by atoms with Gasteiger partial charge in [0.05, 0.1) is 5.02 Å². The third-order valence-electron chi connectivity index (χ3n) is 3.15. The van der Waals surface area contributed by atoms with E-state index in [1.165, 1.54) is 0 Å². The van der Waals surface area contributed by atoms with Crippen molar-refractivity contribution < 1.29 is 0 Å². The number of anilines is 2. The largest absolute Gasteiger partial charge is 0.327 e. The highest BCUT2D eigenvalue weighted by molar-refractivity contribution is 6.31. The molecule has 4 heteroatoms. The maximum Gasteiger partial charge on any atom is 0.133 e. The molecule has 2 rings (SSSR count). The van der Waals surface area contributed by atoms with Gasteiger partial charge in [-0.25, -0.2) is 4.98 Å². The number of aromatic nitrogens is 1. The van der Waals surface area contributed by atoms with Crippen LogP contribution < -0.4 is 10.2 Å². The van der Waals surface area contributed by atoms with Gasteiger partial charge < -0.3 is 10.2 Å². The number of pyridine rings is 1. The lowest BCUT2D eigenvalue weighted by Gasteiger charge is -2.23. The van der Waals surface area contributed by atoms with Crippen molar-refractivity contribution in [3.05, 3.63) is 53.2 Å². The highest BCUT2D eigenvalue weighted by Crippen LogP contribution is 2.26. The van der Waals surface area contributed by atoms with Crippen LogP contribution in [0.25, 0.3) is 0 Å². The first kappa shape index (κ1) is 14.8. The molecule has 106 valence electrons. The molecule has 20 heavy (non-hydrogen) atoms. The third kappa shape index (κ3) is 3.50. The van der Waals surface area contributed by atoms with Gasteiger partial charge in [-0.3, -0.25) is 0 Å². The molecular formula is C16H20ClN3. The SMILES string of the molecule is CCNCc1cc(N(CC)c2ccccc2)ncc1Cl. The van der Waals surface area contributed by atoms with E-state index < -0.39 is 0 Å². The van der Waals surface area contributed by atoms with Crippen LogP contribution in [0.5, 0.6) is 0 Å². The van der Waals surface area contributed by atoms with Gasteiger partial charge in [-0.15, -0.1) is 0 Å². The summed E-state index contributed by atoms with van der Waals surface area (Å²) in [5.41, 5.74) is 2.21. The number of hydrogen-bond donors (Lipinski definition) is 1. The summed E-state index contributed by atoms with van der Waals surface area (Å²) >= 11 is 6.20. The summed E-state index contributed by atoms with van der Waals surface area (Å²) in [5, 5.41) is 4.01. The van der Waals surface area contributed by atoms with Crippen LogP contribution >= 0.6 is 11.6 Å². The Hall–Kier alpha value is -1.58. The van der Waals surface area contributed by atoms with Crippen LogP contribution in [-0.2, 0) is 6.54 Å². The Morgan fingerprint density at radius 2 is 1.95 bits per heavy atom. The average Bonchev–Trinajstić information content (AvgIpc) is 2.49. The molecule has 2 aromatic rings. The summed E-state index contributed by atoms with van der Waals surface area (Å²) in [6.07, 6.45) is 1.73. The number of para-hydroxylation sites is 1. The molecule has 1 aromatic heterocycles. The van der Waals surface area contributed by atoms with Crippen LogP contribution in [0.15, 0.2) is 42.6 Å². The van der Waals surface area contributed by atoms with Crippen molar-refractivity contribution in [3.63, 3.8) is 0 Å². The topological polar surface area (TPSA) is 28.2 Å². The van der Waals surface area contributed by atoms with E-state index in [0.717, 1.165) is 36.7 Å². The van der Waals surface area contributed by atoms with E-state index in [-0.39, 0.29) is 0 Å². The minimum absolute atomic E-state index is 0.707. The summed E-state index contributed by atoms with van der Waals surface area (Å²) in [6.45, 7) is 6.74. The Labute approximate surface area is 125 Å². The van der Waals surface area contributed by atoms with Gasteiger partial charge in [0.25, 0.3) is 0 Å². The lowest BCUT2D eigenvalue weighted by Crippen LogP contribution is -2.18. The van der Waals surface area contributed by atoms with Gasteiger partial charge in [-0.2, -0.15) is 0 Å². The zero-order valence-electron chi connectivity index (χ0n) is 11.9. The van der Waals surface area contributed by atoms with Gasteiger partial charge >= 0.3 is 0 Å². The number of nitrogens with zero attached hydrogens (tertiary/aromatic N) is 2. The van der Waals surface area contributed by atoms with Gasteiger partial charge in [-0.05, 0) is 37.2 Å². The molecule has 1 aromatic carbocycles. The van der Waals surface area contributed by atoms with Gasteiger partial charge in [0.15, 0.2) is 0 Å². The first-order valence-corrected chi connectivity index (χ1v) is 7.31. The number of hydrogen-bond acceptors (Lipinski definition) is 3. The maximum atomic E-state index is 6.20. The molecule has 0 fully saturated rings. The van der Waals surface area contributed by atoms with E-state index in [9.17, 15) is 0 Å². The highest BCUT2D eigenvalue weighted by atomic mass is 35.5. The Bertz CT molecular complexity index is 543. The van der Waals surface area contributed by atoms with Crippen LogP contribution in [0.4, 0.5) is 11.5 Å². The molecule has 0 bridgehead atoms. The van der Waals surface area contributed by atoms with Crippen LogP contribution in [0.3, 0.4) is 0 Å². The molecule has 0 radical (unpaired) electrons. The smallest absolute Gasteiger partial charge is 0.133 e. The molecule has 0 atom stereocenters. The molecular weight excluding hydrogens is 270 g/mol. The van der Waals surface area contributed by atoms with Gasteiger partial charge in [-0.1, -0.05) is 36.7 Å². The highest BCUT2D eigenvalue weighted by Gasteiger charge is 2.10. The predicted molar refractivity (Wildman–Crippen MR) is 85.7 cm³/mol. The van der Waals surface area contributed by atoms with Gasteiger partial charge in [0.2, 0.25) is 0 Å². The number of rotatable bonds is 6. The van der Waals surface area contributed by atoms with E-state index in [0.29, 0.717) is 5.02 Å². The molecule has 0 aliphatic rings. The number of nitrogens with one attached hydrogen (secondary N) is 1. The van der Waals surface area contributed by atoms with E-state index in [2.05, 4.69) is 47.2 Å². The van der Waals surface area contributed by atoms with Crippen LogP contribution in [-0.4, -0.2) is 18.1 Å². The minimum Gasteiger partial charge on any atom is -0.327 e. The average molecular weight is 290 g/mol. The molecule has 0 aliphatic carbocycles. The molecule has 0 saturated heterocycles. The van der Waals surface area contributed by atoms with E-state index in [4.69, 9.17) is 11.6 Å². The zero-order chi connectivity index (χ0) is 14.4. The molecule has 0 unspecified atom stereocenters. The fourth-order valence-electron chi connectivity index (χ4n) is 2.10. The molecule has 0 amide bonds. The van der Waals surface area contributed by atoms with Crippen LogP contribution in [0.2, 0.25) is 5.02 Å². The second kappa shape index (κ2) is 7.27. The molecule has 0 saturated carbocycles. The predicted octanol–water partition coefficient (Wildman–Crippen LogP) is 4.00. The molecule has 3 nitrogen and oxygen atoms in total. The van der Waals surface area contributed by atoms with Crippen molar-refractivity contribution in [1.82, 2.24) is 10.3 Å². The normalized spacial score (nSPS) is 10.6. The van der Waals surface area contributed by atoms with Crippen molar-refractivity contribution >= 4 is 23.1 Å². The standard InChI is InChI=1S/C16H20ClN3/c1-3-18-11-13-10-16(19-12-15(13)17)20(4-2)14-8-6-5-7-9-14/h5-10,12,18H,3-4,11H2,1-2H3. The second-order valence-corrected chi connectivity index (χ2v) is 4.90.